The summed E-state index contributed by atoms with van der Waals surface area (Å²) >= 11 is 0. The van der Waals surface area contributed by atoms with E-state index in [2.05, 4.69) is 32.5 Å². The van der Waals surface area contributed by atoms with Gasteiger partial charge in [0.25, 0.3) is 5.91 Å². The average Bonchev–Trinajstić information content (AvgIpc) is 2.77. The molecule has 28 heavy (non-hydrogen) atoms. The Morgan fingerprint density at radius 1 is 0.893 bits per heavy atom. The molecule has 2 aromatic carbocycles. The van der Waals surface area contributed by atoms with Crippen molar-refractivity contribution in [2.45, 2.75) is 32.1 Å². The molecule has 1 fully saturated rings. The maximum Gasteiger partial charge on any atom is 0.272 e. The van der Waals surface area contributed by atoms with E-state index in [4.69, 9.17) is 0 Å². The molecule has 0 bridgehead atoms. The van der Waals surface area contributed by atoms with Crippen LogP contribution < -0.4 is 10.2 Å². The highest BCUT2D eigenvalue weighted by molar-refractivity contribution is 6.07. The summed E-state index contributed by atoms with van der Waals surface area (Å²) < 4.78 is 0. The molecule has 0 unspecified atom stereocenters. The van der Waals surface area contributed by atoms with Crippen LogP contribution in [0.2, 0.25) is 0 Å². The van der Waals surface area contributed by atoms with E-state index in [1.165, 1.54) is 24.8 Å². The number of anilines is 1. The van der Waals surface area contributed by atoms with Crippen molar-refractivity contribution in [3.63, 3.8) is 0 Å². The van der Waals surface area contributed by atoms with Crippen LogP contribution in [-0.2, 0) is 6.42 Å². The van der Waals surface area contributed by atoms with Gasteiger partial charge in [-0.05, 0) is 37.7 Å². The zero-order chi connectivity index (χ0) is 19.2. The van der Waals surface area contributed by atoms with E-state index < -0.39 is 0 Å². The minimum absolute atomic E-state index is 0.151. The molecule has 1 aliphatic heterocycles. The number of aromatic nitrogens is 2. The number of carbonyl (C=O) groups is 1. The predicted molar refractivity (Wildman–Crippen MR) is 113 cm³/mol. The Morgan fingerprint density at radius 2 is 1.61 bits per heavy atom. The van der Waals surface area contributed by atoms with Crippen LogP contribution in [0.5, 0.6) is 0 Å². The fraction of sp³-hybridized carbons (Fsp3) is 0.348. The lowest BCUT2D eigenvalue weighted by Crippen LogP contribution is -2.31. The fourth-order valence-corrected chi connectivity index (χ4v) is 3.82. The molecule has 3 aromatic rings. The zero-order valence-corrected chi connectivity index (χ0v) is 16.1. The highest BCUT2D eigenvalue weighted by atomic mass is 16.1. The van der Waals surface area contributed by atoms with Crippen LogP contribution in [0, 0.1) is 0 Å². The number of carbonyl (C=O) groups excluding carboxylic acids is 1. The van der Waals surface area contributed by atoms with Crippen molar-refractivity contribution in [1.29, 1.82) is 0 Å². The number of nitrogens with one attached hydrogen (secondary N) is 1. The lowest BCUT2D eigenvalue weighted by molar-refractivity contribution is 0.0949. The van der Waals surface area contributed by atoms with E-state index in [0.29, 0.717) is 12.2 Å². The Balaban J connectivity index is 1.46. The predicted octanol–water partition coefficient (Wildman–Crippen LogP) is 3.98. The summed E-state index contributed by atoms with van der Waals surface area (Å²) in [4.78, 5) is 15.0. The molecular formula is C23H26N4O. The Kier molecular flexibility index (Phi) is 5.80. The number of benzene rings is 2. The molecule has 1 amide bonds. The van der Waals surface area contributed by atoms with Gasteiger partial charge in [0.05, 0.1) is 0 Å². The van der Waals surface area contributed by atoms with Gasteiger partial charge in [-0.3, -0.25) is 4.79 Å². The normalized spacial score (nSPS) is 14.2. The summed E-state index contributed by atoms with van der Waals surface area (Å²) in [5, 5.41) is 13.6. The van der Waals surface area contributed by atoms with Crippen LogP contribution in [0.25, 0.3) is 10.8 Å². The molecule has 1 N–H and O–H groups in total. The molecule has 1 aromatic heterocycles. The molecule has 0 saturated carbocycles. The lowest BCUT2D eigenvalue weighted by atomic mass is 10.1. The second-order valence-electron chi connectivity index (χ2n) is 7.31. The Morgan fingerprint density at radius 3 is 2.39 bits per heavy atom. The van der Waals surface area contributed by atoms with Gasteiger partial charge in [-0.15, -0.1) is 10.2 Å². The van der Waals surface area contributed by atoms with Gasteiger partial charge in [0.2, 0.25) is 0 Å². The quantitative estimate of drug-likeness (QED) is 0.663. The first-order valence-corrected chi connectivity index (χ1v) is 10.2. The molecule has 1 saturated heterocycles. The molecule has 0 spiro atoms. The summed E-state index contributed by atoms with van der Waals surface area (Å²) in [6.45, 7) is 2.63. The van der Waals surface area contributed by atoms with Crippen LogP contribution in [-0.4, -0.2) is 35.7 Å². The standard InChI is InChI=1S/C23H26N4O/c28-23(24-15-9-12-18-10-3-1-4-11-18)21-19-13-5-6-14-20(19)22(26-25-21)27-16-7-2-8-17-27/h1,3-6,10-11,13-14H,2,7-9,12,15-17H2,(H,24,28). The summed E-state index contributed by atoms with van der Waals surface area (Å²) in [7, 11) is 0. The third kappa shape index (κ3) is 4.14. The van der Waals surface area contributed by atoms with Crippen molar-refractivity contribution in [3.05, 3.63) is 65.9 Å². The maximum atomic E-state index is 12.7. The molecule has 4 rings (SSSR count). The van der Waals surface area contributed by atoms with E-state index in [1.54, 1.807) is 0 Å². The van der Waals surface area contributed by atoms with Crippen molar-refractivity contribution in [2.75, 3.05) is 24.5 Å². The first kappa shape index (κ1) is 18.4. The molecule has 0 aliphatic carbocycles. The highest BCUT2D eigenvalue weighted by Crippen LogP contribution is 2.27. The Bertz CT molecular complexity index is 936. The van der Waals surface area contributed by atoms with Gasteiger partial charge in [0.1, 0.15) is 0 Å². The summed E-state index contributed by atoms with van der Waals surface area (Å²) in [6, 6.07) is 18.3. The van der Waals surface area contributed by atoms with Crippen LogP contribution in [0.3, 0.4) is 0 Å². The largest absolute Gasteiger partial charge is 0.355 e. The zero-order valence-electron chi connectivity index (χ0n) is 16.1. The summed E-state index contributed by atoms with van der Waals surface area (Å²) in [5.41, 5.74) is 1.70. The maximum absolute atomic E-state index is 12.7. The highest BCUT2D eigenvalue weighted by Gasteiger charge is 2.19. The van der Waals surface area contributed by atoms with Gasteiger partial charge in [0, 0.05) is 30.4 Å². The van der Waals surface area contributed by atoms with E-state index in [9.17, 15) is 4.79 Å². The second kappa shape index (κ2) is 8.83. The van der Waals surface area contributed by atoms with Gasteiger partial charge < -0.3 is 10.2 Å². The van der Waals surface area contributed by atoms with Crippen molar-refractivity contribution in [3.8, 4) is 0 Å². The van der Waals surface area contributed by atoms with Crippen LogP contribution in [0.15, 0.2) is 54.6 Å². The second-order valence-corrected chi connectivity index (χ2v) is 7.31. The van der Waals surface area contributed by atoms with Crippen molar-refractivity contribution >= 4 is 22.5 Å². The van der Waals surface area contributed by atoms with Gasteiger partial charge in [-0.1, -0.05) is 54.6 Å². The van der Waals surface area contributed by atoms with Gasteiger partial charge in [-0.25, -0.2) is 0 Å². The Labute approximate surface area is 165 Å². The van der Waals surface area contributed by atoms with Crippen molar-refractivity contribution < 1.29 is 4.79 Å². The van der Waals surface area contributed by atoms with Gasteiger partial charge in [0.15, 0.2) is 11.5 Å². The number of nitrogens with zero attached hydrogens (tertiary/aromatic N) is 3. The minimum atomic E-state index is -0.151. The number of rotatable bonds is 6. The topological polar surface area (TPSA) is 58.1 Å². The molecule has 0 radical (unpaired) electrons. The number of hydrogen-bond donors (Lipinski definition) is 1. The summed E-state index contributed by atoms with van der Waals surface area (Å²) in [6.07, 6.45) is 5.47. The summed E-state index contributed by atoms with van der Waals surface area (Å²) in [5.74, 6) is 0.748. The monoisotopic (exact) mass is 374 g/mol. The van der Waals surface area contributed by atoms with Gasteiger partial charge >= 0.3 is 0 Å². The van der Waals surface area contributed by atoms with Crippen molar-refractivity contribution in [1.82, 2.24) is 15.5 Å². The molecule has 2 heterocycles. The molecule has 144 valence electrons. The molecular weight excluding hydrogens is 348 g/mol. The lowest BCUT2D eigenvalue weighted by Gasteiger charge is -2.28. The average molecular weight is 374 g/mol. The number of amides is 1. The van der Waals surface area contributed by atoms with Gasteiger partial charge in [-0.2, -0.15) is 0 Å². The molecule has 5 heteroatoms. The number of piperidine rings is 1. The SMILES string of the molecule is O=C(NCCCc1ccccc1)c1nnc(N2CCCCC2)c2ccccc12. The number of aryl methyl sites for hydroxylation is 1. The van der Waals surface area contributed by atoms with E-state index in [-0.39, 0.29) is 5.91 Å². The number of fused-ring (bicyclic) bond motifs is 1. The first-order chi connectivity index (χ1) is 13.8. The third-order valence-electron chi connectivity index (χ3n) is 5.31. The Hall–Kier alpha value is -2.95. The van der Waals surface area contributed by atoms with Crippen LogP contribution in [0.4, 0.5) is 5.82 Å². The molecule has 5 nitrogen and oxygen atoms in total. The van der Waals surface area contributed by atoms with Crippen LogP contribution >= 0.6 is 0 Å². The minimum Gasteiger partial charge on any atom is -0.355 e. The smallest absolute Gasteiger partial charge is 0.272 e. The van der Waals surface area contributed by atoms with E-state index in [0.717, 1.165) is 42.5 Å². The first-order valence-electron chi connectivity index (χ1n) is 10.2. The van der Waals surface area contributed by atoms with E-state index in [1.807, 2.05) is 42.5 Å². The molecule has 0 atom stereocenters. The molecule has 1 aliphatic rings. The third-order valence-corrected chi connectivity index (χ3v) is 5.31. The van der Waals surface area contributed by atoms with E-state index >= 15 is 0 Å². The fourth-order valence-electron chi connectivity index (χ4n) is 3.82. The number of hydrogen-bond acceptors (Lipinski definition) is 4. The van der Waals surface area contributed by atoms with Crippen molar-refractivity contribution in [2.24, 2.45) is 0 Å². The van der Waals surface area contributed by atoms with Crippen LogP contribution in [0.1, 0.15) is 41.7 Å².